The number of nitrogens with zero attached hydrogens (tertiary/aromatic N) is 1. The first-order valence-electron chi connectivity index (χ1n) is 7.68. The van der Waals surface area contributed by atoms with Crippen LogP contribution in [0.5, 0.6) is 0 Å². The zero-order valence-corrected chi connectivity index (χ0v) is 12.7. The Labute approximate surface area is 127 Å². The van der Waals surface area contributed by atoms with Crippen molar-refractivity contribution in [2.75, 3.05) is 19.8 Å². The summed E-state index contributed by atoms with van der Waals surface area (Å²) in [6.45, 7) is 4.74. The van der Waals surface area contributed by atoms with Gasteiger partial charge in [0.05, 0.1) is 6.04 Å². The summed E-state index contributed by atoms with van der Waals surface area (Å²) in [4.78, 5) is 4.10. The van der Waals surface area contributed by atoms with Crippen molar-refractivity contribution >= 4 is 0 Å². The van der Waals surface area contributed by atoms with Crippen LogP contribution in [0.1, 0.15) is 36.9 Å². The lowest BCUT2D eigenvalue weighted by Crippen LogP contribution is -2.24. The van der Waals surface area contributed by atoms with Crippen LogP contribution in [0.2, 0.25) is 0 Å². The molecule has 0 amide bonds. The Balaban J connectivity index is 1.94. The van der Waals surface area contributed by atoms with Crippen molar-refractivity contribution in [3.63, 3.8) is 0 Å². The highest BCUT2D eigenvalue weighted by Crippen LogP contribution is 2.21. The Morgan fingerprint density at radius 2 is 1.71 bits per heavy atom. The summed E-state index contributed by atoms with van der Waals surface area (Å²) in [5.74, 6) is 0. The molecule has 0 aliphatic heterocycles. The average molecular weight is 284 g/mol. The van der Waals surface area contributed by atoms with E-state index in [-0.39, 0.29) is 6.04 Å². The summed E-state index contributed by atoms with van der Waals surface area (Å²) in [6, 6.07) is 14.9. The predicted molar refractivity (Wildman–Crippen MR) is 86.3 cm³/mol. The second-order valence-electron chi connectivity index (χ2n) is 5.04. The minimum absolute atomic E-state index is 0.209. The van der Waals surface area contributed by atoms with Crippen LogP contribution in [0.4, 0.5) is 0 Å². The fourth-order valence-corrected chi connectivity index (χ4v) is 2.30. The predicted octanol–water partition coefficient (Wildman–Crippen LogP) is 3.58. The number of aromatic nitrogens is 1. The summed E-state index contributed by atoms with van der Waals surface area (Å²) in [7, 11) is 0. The van der Waals surface area contributed by atoms with Crippen molar-refractivity contribution in [1.29, 1.82) is 0 Å². The van der Waals surface area contributed by atoms with Gasteiger partial charge >= 0.3 is 0 Å². The highest BCUT2D eigenvalue weighted by molar-refractivity contribution is 5.30. The monoisotopic (exact) mass is 284 g/mol. The van der Waals surface area contributed by atoms with Gasteiger partial charge in [0, 0.05) is 25.6 Å². The van der Waals surface area contributed by atoms with E-state index in [1.807, 2.05) is 18.5 Å². The highest BCUT2D eigenvalue weighted by atomic mass is 16.5. The third-order valence-electron chi connectivity index (χ3n) is 3.33. The third kappa shape index (κ3) is 5.29. The summed E-state index contributed by atoms with van der Waals surface area (Å²) in [5.41, 5.74) is 2.52. The fourth-order valence-electron chi connectivity index (χ4n) is 2.30. The molecule has 1 N–H and O–H groups in total. The van der Waals surface area contributed by atoms with E-state index in [4.69, 9.17) is 4.74 Å². The molecule has 3 heteroatoms. The quantitative estimate of drug-likeness (QED) is 0.715. The standard InChI is InChI=1S/C18H24N2O/c1-2-14-21-15-6-11-20-18(16-7-4-3-5-8-16)17-9-12-19-13-10-17/h3-5,7-10,12-13,18,20H,2,6,11,14-15H2,1H3. The van der Waals surface area contributed by atoms with Crippen molar-refractivity contribution in [2.24, 2.45) is 0 Å². The van der Waals surface area contributed by atoms with E-state index in [2.05, 4.69) is 53.6 Å². The lowest BCUT2D eigenvalue weighted by molar-refractivity contribution is 0.132. The van der Waals surface area contributed by atoms with Gasteiger partial charge in [0.1, 0.15) is 0 Å². The topological polar surface area (TPSA) is 34.1 Å². The molecular formula is C18H24N2O. The first-order chi connectivity index (χ1) is 10.4. The van der Waals surface area contributed by atoms with Crippen LogP contribution in [0.3, 0.4) is 0 Å². The summed E-state index contributed by atoms with van der Waals surface area (Å²) >= 11 is 0. The third-order valence-corrected chi connectivity index (χ3v) is 3.33. The maximum absolute atomic E-state index is 5.53. The van der Waals surface area contributed by atoms with Crippen LogP contribution >= 0.6 is 0 Å². The SMILES string of the molecule is CCCOCCCNC(c1ccccc1)c1ccncc1. The Morgan fingerprint density at radius 3 is 2.43 bits per heavy atom. The summed E-state index contributed by atoms with van der Waals surface area (Å²) < 4.78 is 5.53. The molecule has 112 valence electrons. The molecule has 3 nitrogen and oxygen atoms in total. The number of pyridine rings is 1. The Morgan fingerprint density at radius 1 is 1.00 bits per heavy atom. The fraction of sp³-hybridized carbons (Fsp3) is 0.389. The van der Waals surface area contributed by atoms with Gasteiger partial charge in [-0.2, -0.15) is 0 Å². The molecule has 1 heterocycles. The minimum atomic E-state index is 0.209. The minimum Gasteiger partial charge on any atom is -0.381 e. The van der Waals surface area contributed by atoms with Crippen LogP contribution in [0.15, 0.2) is 54.9 Å². The highest BCUT2D eigenvalue weighted by Gasteiger charge is 2.12. The number of benzene rings is 1. The maximum atomic E-state index is 5.53. The zero-order chi connectivity index (χ0) is 14.8. The van der Waals surface area contributed by atoms with Gasteiger partial charge in [0.25, 0.3) is 0 Å². The molecule has 0 saturated heterocycles. The first-order valence-corrected chi connectivity index (χ1v) is 7.68. The molecule has 0 saturated carbocycles. The van der Waals surface area contributed by atoms with E-state index in [0.29, 0.717) is 0 Å². The molecule has 1 aromatic heterocycles. The van der Waals surface area contributed by atoms with Crippen LogP contribution in [-0.4, -0.2) is 24.7 Å². The Bertz CT molecular complexity index is 448. The van der Waals surface area contributed by atoms with Gasteiger partial charge in [0.15, 0.2) is 0 Å². The molecule has 0 aliphatic carbocycles. The number of hydrogen-bond donors (Lipinski definition) is 1. The lowest BCUT2D eigenvalue weighted by atomic mass is 9.99. The van der Waals surface area contributed by atoms with Gasteiger partial charge in [-0.1, -0.05) is 37.3 Å². The Kier molecular flexibility index (Phi) is 6.92. The molecule has 1 unspecified atom stereocenters. The van der Waals surface area contributed by atoms with E-state index >= 15 is 0 Å². The molecule has 0 bridgehead atoms. The van der Waals surface area contributed by atoms with Gasteiger partial charge in [-0.15, -0.1) is 0 Å². The molecule has 0 aliphatic rings. The number of rotatable bonds is 9. The molecular weight excluding hydrogens is 260 g/mol. The van der Waals surface area contributed by atoms with Gasteiger partial charge in [-0.05, 0) is 42.6 Å². The number of ether oxygens (including phenoxy) is 1. The largest absolute Gasteiger partial charge is 0.381 e. The Hall–Kier alpha value is -1.71. The van der Waals surface area contributed by atoms with Crippen molar-refractivity contribution in [3.05, 3.63) is 66.0 Å². The molecule has 2 aromatic rings. The maximum Gasteiger partial charge on any atom is 0.0577 e. The second kappa shape index (κ2) is 9.27. The van der Waals surface area contributed by atoms with E-state index in [0.717, 1.165) is 32.6 Å². The van der Waals surface area contributed by atoms with Gasteiger partial charge in [-0.25, -0.2) is 0 Å². The second-order valence-corrected chi connectivity index (χ2v) is 5.04. The summed E-state index contributed by atoms with van der Waals surface area (Å²) in [5, 5.41) is 3.62. The zero-order valence-electron chi connectivity index (χ0n) is 12.7. The van der Waals surface area contributed by atoms with Crippen molar-refractivity contribution in [3.8, 4) is 0 Å². The molecule has 2 rings (SSSR count). The van der Waals surface area contributed by atoms with Gasteiger partial charge < -0.3 is 10.1 Å². The first kappa shape index (κ1) is 15.7. The molecule has 0 fully saturated rings. The van der Waals surface area contributed by atoms with E-state index in [1.54, 1.807) is 0 Å². The van der Waals surface area contributed by atoms with Crippen molar-refractivity contribution in [2.45, 2.75) is 25.8 Å². The normalized spacial score (nSPS) is 12.2. The van der Waals surface area contributed by atoms with Crippen molar-refractivity contribution in [1.82, 2.24) is 10.3 Å². The van der Waals surface area contributed by atoms with E-state index < -0.39 is 0 Å². The summed E-state index contributed by atoms with van der Waals surface area (Å²) in [6.07, 6.45) is 5.79. The van der Waals surface area contributed by atoms with Crippen LogP contribution in [0.25, 0.3) is 0 Å². The number of hydrogen-bond acceptors (Lipinski definition) is 3. The van der Waals surface area contributed by atoms with Crippen LogP contribution in [-0.2, 0) is 4.74 Å². The van der Waals surface area contributed by atoms with Crippen LogP contribution in [0, 0.1) is 0 Å². The lowest BCUT2D eigenvalue weighted by Gasteiger charge is -2.19. The average Bonchev–Trinajstić information content (AvgIpc) is 2.56. The van der Waals surface area contributed by atoms with Gasteiger partial charge in [-0.3, -0.25) is 4.98 Å². The molecule has 1 atom stereocenters. The molecule has 0 spiro atoms. The molecule has 1 aromatic carbocycles. The van der Waals surface area contributed by atoms with Crippen LogP contribution < -0.4 is 5.32 Å². The van der Waals surface area contributed by atoms with Gasteiger partial charge in [0.2, 0.25) is 0 Å². The van der Waals surface area contributed by atoms with E-state index in [9.17, 15) is 0 Å². The molecule has 0 radical (unpaired) electrons. The molecule has 21 heavy (non-hydrogen) atoms. The van der Waals surface area contributed by atoms with Crippen molar-refractivity contribution < 1.29 is 4.74 Å². The number of nitrogens with one attached hydrogen (secondary N) is 1. The van der Waals surface area contributed by atoms with E-state index in [1.165, 1.54) is 11.1 Å². The smallest absolute Gasteiger partial charge is 0.0577 e.